The molecule has 1 rings (SSSR count). The monoisotopic (exact) mass is 296 g/mol. The molecule has 0 aliphatic heterocycles. The summed E-state index contributed by atoms with van der Waals surface area (Å²) in [5, 5.41) is 18.2. The highest BCUT2D eigenvalue weighted by atomic mass is 16.5. The molecule has 0 saturated heterocycles. The summed E-state index contributed by atoms with van der Waals surface area (Å²) >= 11 is 0. The van der Waals surface area contributed by atoms with Crippen LogP contribution in [0.3, 0.4) is 0 Å². The molecule has 0 saturated carbocycles. The van der Waals surface area contributed by atoms with E-state index < -0.39 is 0 Å². The van der Waals surface area contributed by atoms with Crippen molar-refractivity contribution < 1.29 is 14.9 Å². The van der Waals surface area contributed by atoms with E-state index in [4.69, 9.17) is 20.7 Å². The zero-order chi connectivity index (χ0) is 15.7. The first kappa shape index (κ1) is 17.8. The molecule has 4 N–H and O–H groups in total. The average Bonchev–Trinajstić information content (AvgIpc) is 2.46. The predicted molar refractivity (Wildman–Crippen MR) is 85.6 cm³/mol. The van der Waals surface area contributed by atoms with E-state index >= 15 is 0 Å². The van der Waals surface area contributed by atoms with Gasteiger partial charge in [-0.15, -0.1) is 0 Å². The average molecular weight is 296 g/mol. The Hall–Kier alpha value is -1.30. The van der Waals surface area contributed by atoms with E-state index in [-0.39, 0.29) is 19.3 Å². The maximum absolute atomic E-state index is 9.08. The van der Waals surface area contributed by atoms with Crippen molar-refractivity contribution in [1.29, 1.82) is 0 Å². The van der Waals surface area contributed by atoms with E-state index in [2.05, 4.69) is 18.7 Å². The minimum Gasteiger partial charge on any atom is -0.491 e. The molecule has 0 aliphatic rings. The molecule has 1 aromatic carbocycles. The Kier molecular flexibility index (Phi) is 8.12. The molecule has 0 fully saturated rings. The van der Waals surface area contributed by atoms with Gasteiger partial charge in [-0.2, -0.15) is 0 Å². The largest absolute Gasteiger partial charge is 0.491 e. The number of nitrogens with two attached hydrogens (primary N) is 1. The van der Waals surface area contributed by atoms with Crippen LogP contribution in [0.4, 0.5) is 5.69 Å². The summed E-state index contributed by atoms with van der Waals surface area (Å²) in [4.78, 5) is 2.07. The number of anilines is 1. The van der Waals surface area contributed by atoms with Crippen molar-refractivity contribution >= 4 is 5.69 Å². The lowest BCUT2D eigenvalue weighted by atomic mass is 10.0. The number of hydrogen-bond donors (Lipinski definition) is 3. The summed E-state index contributed by atoms with van der Waals surface area (Å²) in [5.74, 6) is 0.732. The summed E-state index contributed by atoms with van der Waals surface area (Å²) in [5.41, 5.74) is 7.80. The Bertz CT molecular complexity index is 407. The van der Waals surface area contributed by atoms with E-state index in [9.17, 15) is 0 Å². The summed E-state index contributed by atoms with van der Waals surface area (Å²) in [6.45, 7) is 6.13. The first-order chi connectivity index (χ1) is 10.1. The van der Waals surface area contributed by atoms with E-state index in [0.29, 0.717) is 25.4 Å². The molecule has 0 heterocycles. The molecule has 5 nitrogen and oxygen atoms in total. The van der Waals surface area contributed by atoms with Crippen LogP contribution < -0.4 is 10.5 Å². The second-order valence-electron chi connectivity index (χ2n) is 5.26. The highest BCUT2D eigenvalue weighted by Crippen LogP contribution is 2.23. The van der Waals surface area contributed by atoms with Gasteiger partial charge in [0.1, 0.15) is 5.75 Å². The maximum atomic E-state index is 9.08. The molecule has 0 aromatic heterocycles. The fraction of sp³-hybridized carbons (Fsp3) is 0.625. The predicted octanol–water partition coefficient (Wildman–Crippen LogP) is 1.28. The number of aliphatic hydroxyl groups excluding tert-OH is 2. The lowest BCUT2D eigenvalue weighted by Gasteiger charge is -2.28. The minimum atomic E-state index is 0.0935. The summed E-state index contributed by atoms with van der Waals surface area (Å²) < 4.78 is 5.57. The third-order valence-corrected chi connectivity index (χ3v) is 3.46. The Morgan fingerprint density at radius 2 is 1.90 bits per heavy atom. The number of rotatable bonds is 10. The van der Waals surface area contributed by atoms with Crippen LogP contribution in [0.2, 0.25) is 0 Å². The van der Waals surface area contributed by atoms with Crippen molar-refractivity contribution in [2.24, 2.45) is 0 Å². The topological polar surface area (TPSA) is 79.0 Å². The van der Waals surface area contributed by atoms with E-state index in [1.165, 1.54) is 0 Å². The van der Waals surface area contributed by atoms with Crippen molar-refractivity contribution in [1.82, 2.24) is 4.90 Å². The highest BCUT2D eigenvalue weighted by molar-refractivity contribution is 5.54. The third kappa shape index (κ3) is 5.91. The van der Waals surface area contributed by atoms with Gasteiger partial charge in [0.2, 0.25) is 0 Å². The Morgan fingerprint density at radius 1 is 1.24 bits per heavy atom. The van der Waals surface area contributed by atoms with Crippen molar-refractivity contribution in [3.8, 4) is 5.75 Å². The second-order valence-corrected chi connectivity index (χ2v) is 5.26. The Morgan fingerprint density at radius 3 is 2.43 bits per heavy atom. The van der Waals surface area contributed by atoms with Gasteiger partial charge in [-0.1, -0.05) is 13.0 Å². The van der Waals surface area contributed by atoms with Gasteiger partial charge in [0.15, 0.2) is 0 Å². The van der Waals surface area contributed by atoms with Crippen molar-refractivity contribution in [3.05, 3.63) is 23.8 Å². The molecule has 0 amide bonds. The van der Waals surface area contributed by atoms with Crippen LogP contribution in [0.15, 0.2) is 18.2 Å². The standard InChI is InChI=1S/C16H28N2O3/c1-3-10-21-16-5-4-14(12-15(16)17)11-13(2)18(6-8-19)7-9-20/h4-5,12-13,19-20H,3,6-11,17H2,1-2H3. The Balaban J connectivity index is 2.66. The molecule has 0 spiro atoms. The smallest absolute Gasteiger partial charge is 0.142 e. The van der Waals surface area contributed by atoms with Gasteiger partial charge in [0.05, 0.1) is 25.5 Å². The number of nitrogens with zero attached hydrogens (tertiary/aromatic N) is 1. The maximum Gasteiger partial charge on any atom is 0.142 e. The van der Waals surface area contributed by atoms with Crippen LogP contribution in [0.1, 0.15) is 25.8 Å². The molecule has 5 heteroatoms. The molecular formula is C16H28N2O3. The zero-order valence-electron chi connectivity index (χ0n) is 13.1. The second kappa shape index (κ2) is 9.60. The van der Waals surface area contributed by atoms with Gasteiger partial charge in [-0.3, -0.25) is 4.90 Å². The first-order valence-electron chi connectivity index (χ1n) is 7.59. The molecule has 120 valence electrons. The number of aliphatic hydroxyl groups is 2. The van der Waals surface area contributed by atoms with Gasteiger partial charge in [0.25, 0.3) is 0 Å². The number of benzene rings is 1. The molecule has 21 heavy (non-hydrogen) atoms. The highest BCUT2D eigenvalue weighted by Gasteiger charge is 2.14. The van der Waals surface area contributed by atoms with Crippen LogP contribution in [-0.2, 0) is 6.42 Å². The first-order valence-corrected chi connectivity index (χ1v) is 7.59. The number of nitrogen functional groups attached to an aromatic ring is 1. The molecule has 0 bridgehead atoms. The van der Waals surface area contributed by atoms with Crippen molar-refractivity contribution in [2.75, 3.05) is 38.6 Å². The lowest BCUT2D eigenvalue weighted by molar-refractivity contribution is 0.128. The van der Waals surface area contributed by atoms with Crippen molar-refractivity contribution in [2.45, 2.75) is 32.7 Å². The number of hydrogen-bond acceptors (Lipinski definition) is 5. The summed E-state index contributed by atoms with van der Waals surface area (Å²) in [6, 6.07) is 6.10. The van der Waals surface area contributed by atoms with E-state index in [0.717, 1.165) is 24.2 Å². The van der Waals surface area contributed by atoms with E-state index in [1.54, 1.807) is 0 Å². The zero-order valence-corrected chi connectivity index (χ0v) is 13.1. The fourth-order valence-corrected chi connectivity index (χ4v) is 2.35. The van der Waals surface area contributed by atoms with Gasteiger partial charge in [-0.25, -0.2) is 0 Å². The summed E-state index contributed by atoms with van der Waals surface area (Å²) in [7, 11) is 0. The molecule has 1 aromatic rings. The molecule has 0 radical (unpaired) electrons. The SMILES string of the molecule is CCCOc1ccc(CC(C)N(CCO)CCO)cc1N. The molecule has 1 atom stereocenters. The normalized spacial score (nSPS) is 12.6. The third-order valence-electron chi connectivity index (χ3n) is 3.46. The number of ether oxygens (including phenoxy) is 1. The van der Waals surface area contributed by atoms with Gasteiger partial charge in [-0.05, 0) is 37.5 Å². The molecule has 1 unspecified atom stereocenters. The van der Waals surface area contributed by atoms with Gasteiger partial charge >= 0.3 is 0 Å². The quantitative estimate of drug-likeness (QED) is 0.567. The minimum absolute atomic E-state index is 0.0935. The fourth-order valence-electron chi connectivity index (χ4n) is 2.35. The van der Waals surface area contributed by atoms with Crippen LogP contribution in [-0.4, -0.2) is 54.1 Å². The van der Waals surface area contributed by atoms with E-state index in [1.807, 2.05) is 18.2 Å². The summed E-state index contributed by atoms with van der Waals surface area (Å²) in [6.07, 6.45) is 1.77. The molecular weight excluding hydrogens is 268 g/mol. The lowest BCUT2D eigenvalue weighted by Crippen LogP contribution is -2.38. The van der Waals surface area contributed by atoms with Crippen LogP contribution in [0.5, 0.6) is 5.75 Å². The van der Waals surface area contributed by atoms with Crippen LogP contribution in [0, 0.1) is 0 Å². The van der Waals surface area contributed by atoms with Gasteiger partial charge < -0.3 is 20.7 Å². The van der Waals surface area contributed by atoms with Crippen LogP contribution >= 0.6 is 0 Å². The Labute approximate surface area is 127 Å². The van der Waals surface area contributed by atoms with Crippen LogP contribution in [0.25, 0.3) is 0 Å². The molecule has 0 aliphatic carbocycles. The van der Waals surface area contributed by atoms with Crippen molar-refractivity contribution in [3.63, 3.8) is 0 Å². The van der Waals surface area contributed by atoms with Gasteiger partial charge in [0, 0.05) is 19.1 Å².